The van der Waals surface area contributed by atoms with Crippen molar-refractivity contribution in [1.29, 1.82) is 0 Å². The summed E-state index contributed by atoms with van der Waals surface area (Å²) in [6.45, 7) is 3.76. The van der Waals surface area contributed by atoms with Crippen molar-refractivity contribution in [1.82, 2.24) is 5.32 Å². The third-order valence-corrected chi connectivity index (χ3v) is 4.55. The molecule has 0 unspecified atom stereocenters. The van der Waals surface area contributed by atoms with Crippen molar-refractivity contribution in [2.45, 2.75) is 57.9 Å². The molecule has 0 heterocycles. The van der Waals surface area contributed by atoms with Gasteiger partial charge in [0.2, 0.25) is 0 Å². The Balaban J connectivity index is 1.76. The number of benzene rings is 1. The van der Waals surface area contributed by atoms with Gasteiger partial charge in [0.25, 0.3) is 0 Å². The lowest BCUT2D eigenvalue weighted by Crippen LogP contribution is -2.32. The smallest absolute Gasteiger partial charge is 0.164 e. The van der Waals surface area contributed by atoms with E-state index >= 15 is 0 Å². The Bertz CT molecular complexity index is 484. The summed E-state index contributed by atoms with van der Waals surface area (Å²) < 4.78 is 0. The molecule has 1 aliphatic carbocycles. The Morgan fingerprint density at radius 2 is 2.00 bits per heavy atom. The summed E-state index contributed by atoms with van der Waals surface area (Å²) in [5.41, 5.74) is 1.60. The summed E-state index contributed by atoms with van der Waals surface area (Å²) in [5, 5.41) is 7.66. The maximum atomic E-state index is 11.9. The second kappa shape index (κ2) is 9.16. The van der Waals surface area contributed by atoms with E-state index in [0.29, 0.717) is 17.5 Å². The van der Waals surface area contributed by atoms with Gasteiger partial charge in [0.05, 0.1) is 0 Å². The molecule has 2 rings (SSSR count). The first-order valence-electron chi connectivity index (χ1n) is 8.50. The highest BCUT2D eigenvalue weighted by atomic mass is 35.5. The average Bonchev–Trinajstić information content (AvgIpc) is 2.55. The average molecular weight is 323 g/mol. The third kappa shape index (κ3) is 5.29. The maximum Gasteiger partial charge on any atom is 0.164 e. The van der Waals surface area contributed by atoms with Gasteiger partial charge in [-0.3, -0.25) is 4.79 Å². The number of nitrogens with one attached hydrogen (secondary N) is 2. The van der Waals surface area contributed by atoms with E-state index in [1.165, 1.54) is 32.1 Å². The van der Waals surface area contributed by atoms with Crippen molar-refractivity contribution in [3.8, 4) is 0 Å². The standard InChI is InChI=1S/C18H27ClN2O/c1-2-18(22)16-10-9-14(19)13-17(16)21-12-6-11-20-15-7-4-3-5-8-15/h9-10,13,15,20-21H,2-8,11-12H2,1H3. The first kappa shape index (κ1) is 17.3. The topological polar surface area (TPSA) is 41.1 Å². The number of hydrogen-bond acceptors (Lipinski definition) is 3. The van der Waals surface area contributed by atoms with E-state index in [9.17, 15) is 4.79 Å². The number of ketones is 1. The Kier molecular flexibility index (Phi) is 7.20. The summed E-state index contributed by atoms with van der Waals surface area (Å²) in [4.78, 5) is 11.9. The normalized spacial score (nSPS) is 15.7. The molecular formula is C18H27ClN2O. The summed E-state index contributed by atoms with van der Waals surface area (Å²) >= 11 is 6.04. The molecule has 0 radical (unpaired) electrons. The third-order valence-electron chi connectivity index (χ3n) is 4.31. The molecule has 1 aliphatic rings. The molecule has 1 saturated carbocycles. The van der Waals surface area contributed by atoms with Crippen LogP contribution in [0.2, 0.25) is 5.02 Å². The van der Waals surface area contributed by atoms with Crippen molar-refractivity contribution in [3.05, 3.63) is 28.8 Å². The van der Waals surface area contributed by atoms with Crippen LogP contribution in [-0.2, 0) is 0 Å². The van der Waals surface area contributed by atoms with Crippen LogP contribution in [0.15, 0.2) is 18.2 Å². The minimum atomic E-state index is 0.152. The van der Waals surface area contributed by atoms with Crippen LogP contribution in [0.5, 0.6) is 0 Å². The zero-order chi connectivity index (χ0) is 15.8. The zero-order valence-electron chi connectivity index (χ0n) is 13.5. The van der Waals surface area contributed by atoms with Gasteiger partial charge in [0.1, 0.15) is 0 Å². The highest BCUT2D eigenvalue weighted by Crippen LogP contribution is 2.22. The van der Waals surface area contributed by atoms with Gasteiger partial charge < -0.3 is 10.6 Å². The lowest BCUT2D eigenvalue weighted by Gasteiger charge is -2.22. The van der Waals surface area contributed by atoms with Crippen molar-refractivity contribution in [2.75, 3.05) is 18.4 Å². The van der Waals surface area contributed by atoms with Gasteiger partial charge in [-0.05, 0) is 44.0 Å². The second-order valence-electron chi connectivity index (χ2n) is 6.04. The molecule has 3 nitrogen and oxygen atoms in total. The number of rotatable bonds is 8. The lowest BCUT2D eigenvalue weighted by atomic mass is 9.95. The van der Waals surface area contributed by atoms with Crippen molar-refractivity contribution in [3.63, 3.8) is 0 Å². The van der Waals surface area contributed by atoms with Gasteiger partial charge in [0, 0.05) is 35.3 Å². The molecule has 0 spiro atoms. The molecule has 0 aliphatic heterocycles. The monoisotopic (exact) mass is 322 g/mol. The van der Waals surface area contributed by atoms with E-state index < -0.39 is 0 Å². The predicted molar refractivity (Wildman–Crippen MR) is 94.1 cm³/mol. The van der Waals surface area contributed by atoms with Crippen LogP contribution in [0.25, 0.3) is 0 Å². The Labute approximate surface area is 138 Å². The Hall–Kier alpha value is -1.06. The fourth-order valence-electron chi connectivity index (χ4n) is 3.02. The Morgan fingerprint density at radius 3 is 2.73 bits per heavy atom. The summed E-state index contributed by atoms with van der Waals surface area (Å²) in [6.07, 6.45) is 8.31. The van der Waals surface area contributed by atoms with Crippen LogP contribution in [-0.4, -0.2) is 24.9 Å². The van der Waals surface area contributed by atoms with Gasteiger partial charge in [-0.15, -0.1) is 0 Å². The molecule has 0 aromatic heterocycles. The fourth-order valence-corrected chi connectivity index (χ4v) is 3.19. The zero-order valence-corrected chi connectivity index (χ0v) is 14.2. The molecule has 2 N–H and O–H groups in total. The highest BCUT2D eigenvalue weighted by Gasteiger charge is 2.12. The van der Waals surface area contributed by atoms with E-state index in [1.807, 2.05) is 19.1 Å². The molecule has 0 amide bonds. The number of halogens is 1. The molecule has 1 aromatic rings. The van der Waals surface area contributed by atoms with Crippen LogP contribution in [0.4, 0.5) is 5.69 Å². The molecule has 1 aromatic carbocycles. The molecular weight excluding hydrogens is 296 g/mol. The number of Topliss-reactive ketones (excluding diaryl/α,β-unsaturated/α-hetero) is 1. The van der Waals surface area contributed by atoms with Crippen LogP contribution in [0.1, 0.15) is 62.2 Å². The lowest BCUT2D eigenvalue weighted by molar-refractivity contribution is 0.0989. The molecule has 1 fully saturated rings. The fraction of sp³-hybridized carbons (Fsp3) is 0.611. The van der Waals surface area contributed by atoms with E-state index in [4.69, 9.17) is 11.6 Å². The highest BCUT2D eigenvalue weighted by molar-refractivity contribution is 6.31. The van der Waals surface area contributed by atoms with E-state index in [2.05, 4.69) is 10.6 Å². The number of carbonyl (C=O) groups is 1. The van der Waals surface area contributed by atoms with Gasteiger partial charge >= 0.3 is 0 Å². The first-order chi connectivity index (χ1) is 10.7. The first-order valence-corrected chi connectivity index (χ1v) is 8.88. The molecule has 0 bridgehead atoms. The SMILES string of the molecule is CCC(=O)c1ccc(Cl)cc1NCCCNC1CCCCC1. The number of hydrogen-bond donors (Lipinski definition) is 2. The van der Waals surface area contributed by atoms with Gasteiger partial charge in [-0.1, -0.05) is 37.8 Å². The minimum absolute atomic E-state index is 0.152. The predicted octanol–water partition coefficient (Wildman–Crippen LogP) is 4.66. The van der Waals surface area contributed by atoms with Gasteiger partial charge in [-0.25, -0.2) is 0 Å². The maximum absolute atomic E-state index is 11.9. The second-order valence-corrected chi connectivity index (χ2v) is 6.47. The van der Waals surface area contributed by atoms with Crippen molar-refractivity contribution < 1.29 is 4.79 Å². The van der Waals surface area contributed by atoms with Crippen LogP contribution >= 0.6 is 11.6 Å². The van der Waals surface area contributed by atoms with E-state index in [-0.39, 0.29) is 5.78 Å². The van der Waals surface area contributed by atoms with Crippen molar-refractivity contribution >= 4 is 23.1 Å². The Morgan fingerprint density at radius 1 is 1.23 bits per heavy atom. The van der Waals surface area contributed by atoms with Crippen LogP contribution < -0.4 is 10.6 Å². The number of carbonyl (C=O) groups excluding carboxylic acids is 1. The quantitative estimate of drug-likeness (QED) is 0.540. The van der Waals surface area contributed by atoms with Crippen LogP contribution in [0.3, 0.4) is 0 Å². The van der Waals surface area contributed by atoms with Gasteiger partial charge in [0.15, 0.2) is 5.78 Å². The number of anilines is 1. The molecule has 22 heavy (non-hydrogen) atoms. The summed E-state index contributed by atoms with van der Waals surface area (Å²) in [6, 6.07) is 6.15. The van der Waals surface area contributed by atoms with Gasteiger partial charge in [-0.2, -0.15) is 0 Å². The van der Waals surface area contributed by atoms with Crippen molar-refractivity contribution in [2.24, 2.45) is 0 Å². The molecule has 122 valence electrons. The summed E-state index contributed by atoms with van der Waals surface area (Å²) in [7, 11) is 0. The molecule has 0 atom stereocenters. The largest absolute Gasteiger partial charge is 0.384 e. The van der Waals surface area contributed by atoms with E-state index in [0.717, 1.165) is 30.8 Å². The van der Waals surface area contributed by atoms with E-state index in [1.54, 1.807) is 6.07 Å². The molecule has 4 heteroatoms. The van der Waals surface area contributed by atoms with Crippen LogP contribution in [0, 0.1) is 0 Å². The molecule has 0 saturated heterocycles. The minimum Gasteiger partial charge on any atom is -0.384 e. The summed E-state index contributed by atoms with van der Waals surface area (Å²) in [5.74, 6) is 0.152.